The van der Waals surface area contributed by atoms with E-state index in [9.17, 15) is 9.50 Å². The number of ether oxygens (including phenoxy) is 1. The van der Waals surface area contributed by atoms with Gasteiger partial charge in [0.15, 0.2) is 11.6 Å². The zero-order valence-corrected chi connectivity index (χ0v) is 11.5. The van der Waals surface area contributed by atoms with Gasteiger partial charge < -0.3 is 14.2 Å². The maximum absolute atomic E-state index is 13.9. The molecule has 0 aliphatic heterocycles. The fourth-order valence-electron chi connectivity index (χ4n) is 2.10. The molecule has 0 saturated carbocycles. The van der Waals surface area contributed by atoms with E-state index in [1.54, 1.807) is 13.0 Å². The van der Waals surface area contributed by atoms with Gasteiger partial charge in [-0.15, -0.1) is 0 Å². The zero-order chi connectivity index (χ0) is 14.8. The topological polar surface area (TPSA) is 46.8 Å². The summed E-state index contributed by atoms with van der Waals surface area (Å²) in [6, 6.07) is 10.2. The van der Waals surface area contributed by atoms with Crippen molar-refractivity contribution in [2.45, 2.75) is 19.6 Å². The van der Waals surface area contributed by atoms with Gasteiger partial charge in [-0.1, -0.05) is 12.1 Å². The molecule has 0 spiro atoms. The van der Waals surface area contributed by atoms with E-state index in [-0.39, 0.29) is 12.4 Å². The van der Waals surface area contributed by atoms with Crippen LogP contribution in [0.2, 0.25) is 0 Å². The van der Waals surface area contributed by atoms with E-state index >= 15 is 0 Å². The standard InChI is InChI=1S/C16H15FN2O2/c1-11(20)12-5-6-15(14(17)8-12)21-10-13-9-19-7-3-2-4-16(19)18-13/h2-9,11,20H,10H2,1H3/t11-/m0/s1. The van der Waals surface area contributed by atoms with Crippen LogP contribution in [-0.2, 0) is 6.61 Å². The first kappa shape index (κ1) is 13.6. The van der Waals surface area contributed by atoms with E-state index in [1.165, 1.54) is 12.1 Å². The van der Waals surface area contributed by atoms with Crippen molar-refractivity contribution in [3.05, 3.63) is 65.9 Å². The molecule has 0 aliphatic rings. The monoisotopic (exact) mass is 286 g/mol. The minimum Gasteiger partial charge on any atom is -0.484 e. The Morgan fingerprint density at radius 3 is 2.90 bits per heavy atom. The lowest BCUT2D eigenvalue weighted by Gasteiger charge is -2.09. The molecule has 2 aromatic heterocycles. The number of rotatable bonds is 4. The Bertz CT molecular complexity index is 735. The van der Waals surface area contributed by atoms with Crippen molar-refractivity contribution >= 4 is 5.65 Å². The summed E-state index contributed by atoms with van der Waals surface area (Å²) >= 11 is 0. The first-order valence-corrected chi connectivity index (χ1v) is 6.66. The molecule has 4 nitrogen and oxygen atoms in total. The second-order valence-electron chi connectivity index (χ2n) is 4.85. The summed E-state index contributed by atoms with van der Waals surface area (Å²) in [7, 11) is 0. The van der Waals surface area contributed by atoms with Gasteiger partial charge in [0.05, 0.1) is 11.8 Å². The van der Waals surface area contributed by atoms with Crippen LogP contribution in [0.25, 0.3) is 5.65 Å². The van der Waals surface area contributed by atoms with Crippen LogP contribution in [0.3, 0.4) is 0 Å². The summed E-state index contributed by atoms with van der Waals surface area (Å²) in [4.78, 5) is 4.38. The summed E-state index contributed by atoms with van der Waals surface area (Å²) in [6.07, 6.45) is 3.04. The molecule has 0 radical (unpaired) electrons. The number of hydrogen-bond acceptors (Lipinski definition) is 3. The molecule has 2 heterocycles. The molecule has 0 saturated heterocycles. The Kier molecular flexibility index (Phi) is 3.58. The Morgan fingerprint density at radius 1 is 1.33 bits per heavy atom. The first-order valence-electron chi connectivity index (χ1n) is 6.66. The normalized spacial score (nSPS) is 12.5. The summed E-state index contributed by atoms with van der Waals surface area (Å²) in [5.74, 6) is -0.339. The molecule has 1 N–H and O–H groups in total. The average Bonchev–Trinajstić information content (AvgIpc) is 2.88. The molecule has 108 valence electrons. The van der Waals surface area contributed by atoms with Crippen LogP contribution in [0, 0.1) is 5.82 Å². The van der Waals surface area contributed by atoms with Crippen molar-refractivity contribution in [1.82, 2.24) is 9.38 Å². The molecule has 5 heteroatoms. The summed E-state index contributed by atoms with van der Waals surface area (Å²) in [5, 5.41) is 9.41. The van der Waals surface area contributed by atoms with Crippen molar-refractivity contribution in [3.63, 3.8) is 0 Å². The molecule has 0 aliphatic carbocycles. The predicted octanol–water partition coefficient (Wildman–Crippen LogP) is 3.11. The molecular formula is C16H15FN2O2. The molecule has 0 bridgehead atoms. The fraction of sp³-hybridized carbons (Fsp3) is 0.188. The third-order valence-corrected chi connectivity index (χ3v) is 3.23. The third-order valence-electron chi connectivity index (χ3n) is 3.23. The van der Waals surface area contributed by atoms with Gasteiger partial charge in [0.1, 0.15) is 12.3 Å². The smallest absolute Gasteiger partial charge is 0.165 e. The van der Waals surface area contributed by atoms with Crippen LogP contribution in [-0.4, -0.2) is 14.5 Å². The Morgan fingerprint density at radius 2 is 2.19 bits per heavy atom. The predicted molar refractivity (Wildman–Crippen MR) is 76.6 cm³/mol. The zero-order valence-electron chi connectivity index (χ0n) is 11.5. The lowest BCUT2D eigenvalue weighted by Crippen LogP contribution is -1.99. The van der Waals surface area contributed by atoms with E-state index < -0.39 is 11.9 Å². The number of aromatic nitrogens is 2. The van der Waals surface area contributed by atoms with Crippen LogP contribution >= 0.6 is 0 Å². The summed E-state index contributed by atoms with van der Waals surface area (Å²) < 4.78 is 21.2. The SMILES string of the molecule is C[C@H](O)c1ccc(OCc2cn3ccccc3n2)c(F)c1. The maximum Gasteiger partial charge on any atom is 0.165 e. The number of benzene rings is 1. The second kappa shape index (κ2) is 5.54. The van der Waals surface area contributed by atoms with Crippen molar-refractivity contribution in [1.29, 1.82) is 0 Å². The molecule has 1 aromatic carbocycles. The van der Waals surface area contributed by atoms with Crippen LogP contribution in [0.15, 0.2) is 48.8 Å². The van der Waals surface area contributed by atoms with E-state index in [2.05, 4.69) is 4.98 Å². The van der Waals surface area contributed by atoms with Crippen molar-refractivity contribution in [2.24, 2.45) is 0 Å². The van der Waals surface area contributed by atoms with Crippen molar-refractivity contribution in [2.75, 3.05) is 0 Å². The lowest BCUT2D eigenvalue weighted by molar-refractivity contribution is 0.198. The Balaban J connectivity index is 1.75. The number of aliphatic hydroxyl groups is 1. The minimum atomic E-state index is -0.702. The largest absolute Gasteiger partial charge is 0.484 e. The molecule has 0 unspecified atom stereocenters. The number of aliphatic hydroxyl groups excluding tert-OH is 1. The number of halogens is 1. The van der Waals surface area contributed by atoms with Gasteiger partial charge >= 0.3 is 0 Å². The van der Waals surface area contributed by atoms with Gasteiger partial charge in [-0.3, -0.25) is 0 Å². The van der Waals surface area contributed by atoms with Crippen molar-refractivity contribution in [3.8, 4) is 5.75 Å². The van der Waals surface area contributed by atoms with Crippen LogP contribution in [0.1, 0.15) is 24.3 Å². The molecule has 0 amide bonds. The van der Waals surface area contributed by atoms with Gasteiger partial charge in [-0.2, -0.15) is 0 Å². The summed E-state index contributed by atoms with van der Waals surface area (Å²) in [5.41, 5.74) is 2.06. The van der Waals surface area contributed by atoms with E-state index in [4.69, 9.17) is 4.74 Å². The number of imidazole rings is 1. The Labute approximate surface area is 121 Å². The number of nitrogens with zero attached hydrogens (tertiary/aromatic N) is 2. The number of fused-ring (bicyclic) bond motifs is 1. The van der Waals surface area contributed by atoms with Gasteiger partial charge in [-0.25, -0.2) is 9.37 Å². The maximum atomic E-state index is 13.9. The van der Waals surface area contributed by atoms with Crippen LogP contribution in [0.5, 0.6) is 5.75 Å². The highest BCUT2D eigenvalue weighted by Gasteiger charge is 2.09. The second-order valence-corrected chi connectivity index (χ2v) is 4.85. The molecule has 21 heavy (non-hydrogen) atoms. The van der Waals surface area contributed by atoms with Crippen LogP contribution in [0.4, 0.5) is 4.39 Å². The molecule has 0 fully saturated rings. The van der Waals surface area contributed by atoms with Gasteiger partial charge in [0, 0.05) is 12.4 Å². The van der Waals surface area contributed by atoms with E-state index in [0.29, 0.717) is 5.56 Å². The van der Waals surface area contributed by atoms with Gasteiger partial charge in [0.2, 0.25) is 0 Å². The number of pyridine rings is 1. The first-order chi connectivity index (χ1) is 10.1. The van der Waals surface area contributed by atoms with Crippen LogP contribution < -0.4 is 4.74 Å². The minimum absolute atomic E-state index is 0.149. The molecule has 3 rings (SSSR count). The summed E-state index contributed by atoms with van der Waals surface area (Å²) in [6.45, 7) is 1.78. The highest BCUT2D eigenvalue weighted by Crippen LogP contribution is 2.22. The van der Waals surface area contributed by atoms with Crippen molar-refractivity contribution < 1.29 is 14.2 Å². The number of hydrogen-bond donors (Lipinski definition) is 1. The molecule has 1 atom stereocenters. The van der Waals surface area contributed by atoms with E-state index in [1.807, 2.05) is 35.0 Å². The quantitative estimate of drug-likeness (QED) is 0.801. The van der Waals surface area contributed by atoms with Gasteiger partial charge in [0.25, 0.3) is 0 Å². The van der Waals surface area contributed by atoms with E-state index in [0.717, 1.165) is 11.3 Å². The average molecular weight is 286 g/mol. The molecular weight excluding hydrogens is 271 g/mol. The third kappa shape index (κ3) is 2.87. The van der Waals surface area contributed by atoms with Gasteiger partial charge in [-0.05, 0) is 36.8 Å². The molecule has 3 aromatic rings. The fourth-order valence-corrected chi connectivity index (χ4v) is 2.10. The lowest BCUT2D eigenvalue weighted by atomic mass is 10.1. The highest BCUT2D eigenvalue weighted by atomic mass is 19.1. The highest BCUT2D eigenvalue weighted by molar-refractivity contribution is 5.39. The Hall–Kier alpha value is -2.40.